The van der Waals surface area contributed by atoms with Gasteiger partial charge >= 0.3 is 0 Å². The number of carbonyl (C=O) groups excluding carboxylic acids is 1. The molecule has 1 fully saturated rings. The summed E-state index contributed by atoms with van der Waals surface area (Å²) in [7, 11) is 1.58. The number of rotatable bonds is 6. The van der Waals surface area contributed by atoms with Crippen LogP contribution >= 0.6 is 23.4 Å². The number of carbonyl (C=O) groups is 1. The second-order valence-corrected chi connectivity index (χ2v) is 8.24. The quantitative estimate of drug-likeness (QED) is 0.403. The molecular weight excluding hydrogens is 432 g/mol. The predicted molar refractivity (Wildman–Crippen MR) is 127 cm³/mol. The average molecular weight is 451 g/mol. The molecule has 0 saturated carbocycles. The van der Waals surface area contributed by atoms with Crippen LogP contribution in [0.4, 0.5) is 5.69 Å². The van der Waals surface area contributed by atoms with Crippen LogP contribution in [0.15, 0.2) is 59.5 Å². The van der Waals surface area contributed by atoms with E-state index in [0.717, 1.165) is 16.3 Å². The standard InChI is InChI=1S/C24H19ClN2O3S/c1-3-12-30-20-10-8-15-6-4-5-7-17(15)18(20)14-22-23(28)27-24(31-22)26-19-13-16(25)9-11-21(19)29-2/h1,4-11,13-14,24,26H,12H2,2H3,(H,27,28)/b22-14-. The van der Waals surface area contributed by atoms with Crippen molar-refractivity contribution in [3.8, 4) is 23.8 Å². The van der Waals surface area contributed by atoms with Crippen LogP contribution < -0.4 is 20.1 Å². The third kappa shape index (κ3) is 4.58. The molecule has 31 heavy (non-hydrogen) atoms. The lowest BCUT2D eigenvalue weighted by Crippen LogP contribution is -2.31. The van der Waals surface area contributed by atoms with Gasteiger partial charge in [-0.05, 0) is 41.1 Å². The highest BCUT2D eigenvalue weighted by Crippen LogP contribution is 2.37. The van der Waals surface area contributed by atoms with Gasteiger partial charge in [0.25, 0.3) is 5.91 Å². The van der Waals surface area contributed by atoms with Gasteiger partial charge in [-0.15, -0.1) is 6.42 Å². The minimum atomic E-state index is -0.379. The lowest BCUT2D eigenvalue weighted by Gasteiger charge is -2.16. The van der Waals surface area contributed by atoms with Gasteiger partial charge in [0.05, 0.1) is 17.7 Å². The lowest BCUT2D eigenvalue weighted by molar-refractivity contribution is -0.116. The molecule has 1 heterocycles. The molecule has 1 saturated heterocycles. The third-order valence-electron chi connectivity index (χ3n) is 4.70. The molecule has 156 valence electrons. The van der Waals surface area contributed by atoms with E-state index in [4.69, 9.17) is 27.5 Å². The summed E-state index contributed by atoms with van der Waals surface area (Å²) in [4.78, 5) is 13.2. The Kier molecular flexibility index (Phi) is 6.26. The number of methoxy groups -OCH3 is 1. The molecule has 1 unspecified atom stereocenters. The van der Waals surface area contributed by atoms with Gasteiger partial charge in [-0.2, -0.15) is 0 Å². The van der Waals surface area contributed by atoms with E-state index in [0.29, 0.717) is 27.1 Å². The predicted octanol–water partition coefficient (Wildman–Crippen LogP) is 5.11. The van der Waals surface area contributed by atoms with E-state index < -0.39 is 0 Å². The van der Waals surface area contributed by atoms with Crippen molar-refractivity contribution in [3.63, 3.8) is 0 Å². The number of fused-ring (bicyclic) bond motifs is 1. The highest BCUT2D eigenvalue weighted by molar-refractivity contribution is 8.05. The van der Waals surface area contributed by atoms with Crippen LogP contribution in [0.25, 0.3) is 16.8 Å². The first-order chi connectivity index (χ1) is 15.1. The minimum absolute atomic E-state index is 0.145. The average Bonchev–Trinajstić information content (AvgIpc) is 3.12. The number of terminal acetylenes is 1. The zero-order valence-corrected chi connectivity index (χ0v) is 18.2. The Morgan fingerprint density at radius 1 is 1.23 bits per heavy atom. The van der Waals surface area contributed by atoms with Crippen LogP contribution in [0.1, 0.15) is 5.56 Å². The van der Waals surface area contributed by atoms with Crippen molar-refractivity contribution >= 4 is 51.8 Å². The maximum absolute atomic E-state index is 12.7. The second-order valence-electron chi connectivity index (χ2n) is 6.66. The van der Waals surface area contributed by atoms with E-state index in [1.54, 1.807) is 25.3 Å². The number of anilines is 1. The summed E-state index contributed by atoms with van der Waals surface area (Å²) in [5.74, 6) is 3.57. The van der Waals surface area contributed by atoms with Gasteiger partial charge in [0.1, 0.15) is 18.1 Å². The smallest absolute Gasteiger partial charge is 0.260 e. The molecular formula is C24H19ClN2O3S. The van der Waals surface area contributed by atoms with Gasteiger partial charge in [-0.3, -0.25) is 4.79 Å². The molecule has 0 bridgehead atoms. The highest BCUT2D eigenvalue weighted by atomic mass is 35.5. The molecule has 0 radical (unpaired) electrons. The number of thioether (sulfide) groups is 1. The summed E-state index contributed by atoms with van der Waals surface area (Å²) in [5, 5.41) is 8.78. The van der Waals surface area contributed by atoms with Crippen LogP contribution in [0.2, 0.25) is 5.02 Å². The number of hydrogen-bond donors (Lipinski definition) is 2. The molecule has 0 aromatic heterocycles. The number of amides is 1. The monoisotopic (exact) mass is 450 g/mol. The molecule has 3 aromatic carbocycles. The van der Waals surface area contributed by atoms with E-state index in [2.05, 4.69) is 16.6 Å². The normalized spacial score (nSPS) is 16.7. The summed E-state index contributed by atoms with van der Waals surface area (Å²) < 4.78 is 11.1. The van der Waals surface area contributed by atoms with E-state index >= 15 is 0 Å². The van der Waals surface area contributed by atoms with Crippen molar-refractivity contribution in [1.82, 2.24) is 5.32 Å². The lowest BCUT2D eigenvalue weighted by atomic mass is 10.0. The van der Waals surface area contributed by atoms with E-state index in [1.165, 1.54) is 11.8 Å². The Labute approximate surface area is 189 Å². The fourth-order valence-electron chi connectivity index (χ4n) is 3.30. The van der Waals surface area contributed by atoms with Crippen molar-refractivity contribution in [2.24, 2.45) is 0 Å². The maximum Gasteiger partial charge on any atom is 0.260 e. The molecule has 1 atom stereocenters. The van der Waals surface area contributed by atoms with Gasteiger partial charge in [0.15, 0.2) is 5.50 Å². The molecule has 5 nitrogen and oxygen atoms in total. The number of halogens is 1. The third-order valence-corrected chi connectivity index (χ3v) is 5.96. The van der Waals surface area contributed by atoms with Crippen molar-refractivity contribution in [1.29, 1.82) is 0 Å². The van der Waals surface area contributed by atoms with Crippen LogP contribution in [0, 0.1) is 12.3 Å². The molecule has 7 heteroatoms. The summed E-state index contributed by atoms with van der Waals surface area (Å²) >= 11 is 7.48. The van der Waals surface area contributed by atoms with Crippen LogP contribution in [-0.4, -0.2) is 25.1 Å². The molecule has 1 aliphatic heterocycles. The zero-order valence-electron chi connectivity index (χ0n) is 16.6. The SMILES string of the molecule is C#CCOc1ccc2ccccc2c1/C=C1\SC(Nc2cc(Cl)ccc2OC)NC1=O. The Hall–Kier alpha value is -3.27. The van der Waals surface area contributed by atoms with E-state index in [-0.39, 0.29) is 18.0 Å². The van der Waals surface area contributed by atoms with Crippen LogP contribution in [0.5, 0.6) is 11.5 Å². The summed E-state index contributed by atoms with van der Waals surface area (Å²) in [5.41, 5.74) is 1.13. The Morgan fingerprint density at radius 3 is 2.84 bits per heavy atom. The molecule has 1 aliphatic rings. The summed E-state index contributed by atoms with van der Waals surface area (Å²) in [6, 6.07) is 17.0. The fourth-order valence-corrected chi connectivity index (χ4v) is 4.43. The molecule has 2 N–H and O–H groups in total. The molecule has 4 rings (SSSR count). The van der Waals surface area contributed by atoms with Crippen molar-refractivity contribution in [2.75, 3.05) is 19.0 Å². The maximum atomic E-state index is 12.7. The number of nitrogens with one attached hydrogen (secondary N) is 2. The minimum Gasteiger partial charge on any atom is -0.495 e. The number of benzene rings is 3. The van der Waals surface area contributed by atoms with Crippen molar-refractivity contribution in [2.45, 2.75) is 5.50 Å². The first-order valence-electron chi connectivity index (χ1n) is 9.46. The second kappa shape index (κ2) is 9.25. The topological polar surface area (TPSA) is 59.6 Å². The molecule has 1 amide bonds. The van der Waals surface area contributed by atoms with E-state index in [1.807, 2.05) is 42.5 Å². The van der Waals surface area contributed by atoms with E-state index in [9.17, 15) is 4.79 Å². The van der Waals surface area contributed by atoms with Gasteiger partial charge < -0.3 is 20.1 Å². The number of ether oxygens (including phenoxy) is 2. The Morgan fingerprint density at radius 2 is 2.03 bits per heavy atom. The van der Waals surface area contributed by atoms with Crippen molar-refractivity contribution in [3.05, 3.63) is 70.1 Å². The molecule has 3 aromatic rings. The first kappa shape index (κ1) is 21.0. The Bertz CT molecular complexity index is 1220. The van der Waals surface area contributed by atoms with Gasteiger partial charge in [-0.25, -0.2) is 0 Å². The zero-order chi connectivity index (χ0) is 21.8. The highest BCUT2D eigenvalue weighted by Gasteiger charge is 2.28. The van der Waals surface area contributed by atoms with Gasteiger partial charge in [0.2, 0.25) is 0 Å². The van der Waals surface area contributed by atoms with Gasteiger partial charge in [-0.1, -0.05) is 59.6 Å². The summed E-state index contributed by atoms with van der Waals surface area (Å²) in [6.45, 7) is 0.145. The molecule has 0 aliphatic carbocycles. The van der Waals surface area contributed by atoms with Gasteiger partial charge in [0, 0.05) is 10.6 Å². The molecule has 0 spiro atoms. The van der Waals surface area contributed by atoms with Crippen molar-refractivity contribution < 1.29 is 14.3 Å². The van der Waals surface area contributed by atoms with Crippen LogP contribution in [0.3, 0.4) is 0 Å². The van der Waals surface area contributed by atoms with Crippen LogP contribution in [-0.2, 0) is 4.79 Å². The first-order valence-corrected chi connectivity index (χ1v) is 10.7. The number of hydrogen-bond acceptors (Lipinski definition) is 5. The summed E-state index contributed by atoms with van der Waals surface area (Å²) in [6.07, 6.45) is 7.20. The Balaban J connectivity index is 1.66. The largest absolute Gasteiger partial charge is 0.495 e. The fraction of sp³-hybridized carbons (Fsp3) is 0.125.